The van der Waals surface area contributed by atoms with E-state index >= 15 is 0 Å². The van der Waals surface area contributed by atoms with Crippen LogP contribution in [-0.2, 0) is 7.05 Å². The number of nitrogens with one attached hydrogen (secondary N) is 1. The average Bonchev–Trinajstić information content (AvgIpc) is 3.89. The highest BCUT2D eigenvalue weighted by molar-refractivity contribution is 6.32. The summed E-state index contributed by atoms with van der Waals surface area (Å²) < 4.78 is 24.4. The highest BCUT2D eigenvalue weighted by Gasteiger charge is 2.17. The van der Waals surface area contributed by atoms with Crippen LogP contribution in [0.25, 0.3) is 33.0 Å². The Morgan fingerprint density at radius 1 is 0.778 bits per heavy atom. The Morgan fingerprint density at radius 3 is 1.89 bits per heavy atom. The van der Waals surface area contributed by atoms with Gasteiger partial charge in [0.25, 0.3) is 17.5 Å². The van der Waals surface area contributed by atoms with Gasteiger partial charge in [-0.3, -0.25) is 19.7 Å². The molecule has 8 aromatic rings. The second-order valence-electron chi connectivity index (χ2n) is 11.5. The molecule has 0 aliphatic carbocycles. The number of benzene rings is 4. The number of carbonyl (C=O) groups is 2. The Labute approximate surface area is 313 Å². The maximum atomic E-state index is 11.4. The molecule has 54 heavy (non-hydrogen) atoms. The second-order valence-corrected chi connectivity index (χ2v) is 12.3. The molecule has 0 unspecified atom stereocenters. The molecule has 8 rings (SSSR count). The molecule has 0 atom stereocenters. The van der Waals surface area contributed by atoms with Crippen molar-refractivity contribution >= 4 is 85.2 Å². The van der Waals surface area contributed by atoms with Crippen molar-refractivity contribution in [3.05, 3.63) is 135 Å². The summed E-state index contributed by atoms with van der Waals surface area (Å²) in [7, 11) is 1.93. The van der Waals surface area contributed by atoms with Crippen LogP contribution in [0.4, 0.5) is 17.2 Å². The number of hydrogen-bond acceptors (Lipinski definition) is 11. The normalized spacial score (nSPS) is 10.9. The van der Waals surface area contributed by atoms with Crippen LogP contribution >= 0.6 is 23.2 Å². The Hall–Kier alpha value is -7.10. The van der Waals surface area contributed by atoms with Crippen LogP contribution in [0.1, 0.15) is 21.1 Å². The number of aromatic nitrogens is 3. The molecule has 0 fully saturated rings. The smallest absolute Gasteiger partial charge is 0.284 e. The summed E-state index contributed by atoms with van der Waals surface area (Å²) in [6.07, 6.45) is 3.43. The van der Waals surface area contributed by atoms with E-state index in [4.69, 9.17) is 53.0 Å². The van der Waals surface area contributed by atoms with Gasteiger partial charge in [-0.05, 0) is 54.6 Å². The first-order valence-electron chi connectivity index (χ1n) is 15.7. The second kappa shape index (κ2) is 14.5. The van der Waals surface area contributed by atoms with Crippen molar-refractivity contribution in [3.63, 3.8) is 0 Å². The first-order valence-corrected chi connectivity index (χ1v) is 16.5. The van der Waals surface area contributed by atoms with Crippen molar-refractivity contribution in [2.24, 2.45) is 18.5 Å². The molecule has 4 aromatic heterocycles. The van der Waals surface area contributed by atoms with Crippen molar-refractivity contribution in [1.29, 1.82) is 0 Å². The number of furan rings is 2. The van der Waals surface area contributed by atoms with Crippen LogP contribution < -0.4 is 26.3 Å². The maximum Gasteiger partial charge on any atom is 0.284 e. The molecule has 0 spiro atoms. The minimum atomic E-state index is -0.694. The lowest BCUT2D eigenvalue weighted by Gasteiger charge is -2.12. The molecule has 15 nitrogen and oxygen atoms in total. The van der Waals surface area contributed by atoms with E-state index in [9.17, 15) is 19.7 Å². The van der Waals surface area contributed by atoms with Gasteiger partial charge in [0.1, 0.15) is 46.0 Å². The SMILES string of the molecule is Cn1ccc2ncnc(Nc3ccc(Oc4cccc5oc(C(N)=O)cc45)c(Cl)c3)c21.NC(=O)c1cc2c(Oc3ccc([N+](=O)[O-])cc3Cl)cccc2o1. The fourth-order valence-corrected chi connectivity index (χ4v) is 5.85. The summed E-state index contributed by atoms with van der Waals surface area (Å²) in [5.41, 5.74) is 13.8. The zero-order chi connectivity index (χ0) is 38.1. The molecule has 4 heterocycles. The monoisotopic (exact) mass is 765 g/mol. The number of nitrogens with two attached hydrogens (primary N) is 2. The number of nitro groups is 1. The number of nitrogens with zero attached hydrogens (tertiary/aromatic N) is 4. The van der Waals surface area contributed by atoms with E-state index in [1.807, 2.05) is 29.9 Å². The summed E-state index contributed by atoms with van der Waals surface area (Å²) in [6.45, 7) is 0. The van der Waals surface area contributed by atoms with Gasteiger partial charge in [-0.1, -0.05) is 35.3 Å². The molecule has 5 N–H and O–H groups in total. The third-order valence-electron chi connectivity index (χ3n) is 7.95. The molecule has 0 saturated heterocycles. The number of ether oxygens (including phenoxy) is 2. The Morgan fingerprint density at radius 2 is 1.35 bits per heavy atom. The highest BCUT2D eigenvalue weighted by atomic mass is 35.5. The predicted molar refractivity (Wildman–Crippen MR) is 201 cm³/mol. The molecule has 2 amide bonds. The fourth-order valence-electron chi connectivity index (χ4n) is 5.42. The van der Waals surface area contributed by atoms with Gasteiger partial charge < -0.3 is 39.7 Å². The lowest BCUT2D eigenvalue weighted by Crippen LogP contribution is -2.08. The van der Waals surface area contributed by atoms with Crippen molar-refractivity contribution in [3.8, 4) is 23.0 Å². The average molecular weight is 767 g/mol. The van der Waals surface area contributed by atoms with Gasteiger partial charge in [-0.2, -0.15) is 0 Å². The van der Waals surface area contributed by atoms with Crippen LogP contribution in [0, 0.1) is 10.1 Å². The topological polar surface area (TPSA) is 217 Å². The molecule has 0 radical (unpaired) electrons. The number of aryl methyl sites for hydroxylation is 1. The molecule has 4 aromatic carbocycles. The Bertz CT molecular complexity index is 2760. The van der Waals surface area contributed by atoms with Crippen LogP contribution in [0.2, 0.25) is 10.0 Å². The summed E-state index contributed by atoms with van der Waals surface area (Å²) >= 11 is 12.5. The maximum absolute atomic E-state index is 11.4. The van der Waals surface area contributed by atoms with Crippen molar-refractivity contribution < 1.29 is 32.8 Å². The van der Waals surface area contributed by atoms with Gasteiger partial charge in [-0.25, -0.2) is 9.97 Å². The van der Waals surface area contributed by atoms with E-state index in [0.717, 1.165) is 16.7 Å². The highest BCUT2D eigenvalue weighted by Crippen LogP contribution is 2.38. The van der Waals surface area contributed by atoms with Gasteiger partial charge in [0.05, 0.1) is 31.3 Å². The van der Waals surface area contributed by atoms with Gasteiger partial charge in [0.2, 0.25) is 0 Å². The zero-order valence-electron chi connectivity index (χ0n) is 27.8. The van der Waals surface area contributed by atoms with E-state index in [1.54, 1.807) is 54.6 Å². The number of halogens is 2. The first-order chi connectivity index (χ1) is 25.9. The molecule has 270 valence electrons. The third-order valence-corrected chi connectivity index (χ3v) is 8.54. The van der Waals surface area contributed by atoms with E-state index in [-0.39, 0.29) is 28.0 Å². The number of anilines is 2. The lowest BCUT2D eigenvalue weighted by atomic mass is 10.2. The van der Waals surface area contributed by atoms with Crippen LogP contribution in [0.15, 0.2) is 112 Å². The van der Waals surface area contributed by atoms with Crippen LogP contribution in [0.3, 0.4) is 0 Å². The summed E-state index contributed by atoms with van der Waals surface area (Å²) in [5, 5.41) is 15.6. The molecule has 0 aliphatic heterocycles. The first kappa shape index (κ1) is 35.3. The van der Waals surface area contributed by atoms with E-state index in [1.165, 1.54) is 30.6 Å². The molecular weight excluding hydrogens is 741 g/mol. The largest absolute Gasteiger partial charge is 0.455 e. The van der Waals surface area contributed by atoms with Crippen molar-refractivity contribution in [2.75, 3.05) is 5.32 Å². The minimum absolute atomic E-state index is 0.00541. The molecule has 17 heteroatoms. The number of non-ortho nitro benzene ring substituents is 1. The van der Waals surface area contributed by atoms with Gasteiger partial charge in [0.15, 0.2) is 17.3 Å². The van der Waals surface area contributed by atoms with E-state index in [2.05, 4.69) is 15.3 Å². The van der Waals surface area contributed by atoms with Crippen LogP contribution in [0.5, 0.6) is 23.0 Å². The zero-order valence-corrected chi connectivity index (χ0v) is 29.3. The minimum Gasteiger partial charge on any atom is -0.455 e. The standard InChI is InChI=1S/C22H16ClN5O3.C15H9ClN2O5/c1-28-8-7-15-20(28)22(26-11-25-15)27-12-5-6-18(14(23)9-12)30-16-3-2-4-17-13(16)10-19(31-17)21(24)29;16-10-6-8(18(20)21)4-5-13(10)22-11-2-1-3-12-9(11)7-14(23-12)15(17)19/h2-11H,1H3,(H2,24,29)(H,25,26,27);1-7H,(H2,17,19). The quantitative estimate of drug-likeness (QED) is 0.0931. The van der Waals surface area contributed by atoms with E-state index in [0.29, 0.717) is 50.0 Å². The molecule has 0 aliphatic rings. The number of nitro benzene ring substituents is 1. The van der Waals surface area contributed by atoms with E-state index < -0.39 is 16.7 Å². The fraction of sp³-hybridized carbons (Fsp3) is 0.0270. The Kier molecular flexibility index (Phi) is 9.48. The molecule has 0 saturated carbocycles. The predicted octanol–water partition coefficient (Wildman–Crippen LogP) is 8.89. The number of rotatable bonds is 9. The number of primary amides is 2. The summed E-state index contributed by atoms with van der Waals surface area (Å²) in [6, 6.07) is 24.4. The molecular formula is C37H25Cl2N7O8. The number of amides is 2. The number of hydrogen-bond donors (Lipinski definition) is 3. The van der Waals surface area contributed by atoms with Crippen LogP contribution in [-0.4, -0.2) is 31.3 Å². The molecule has 0 bridgehead atoms. The van der Waals surface area contributed by atoms with Crippen molar-refractivity contribution in [1.82, 2.24) is 14.5 Å². The lowest BCUT2D eigenvalue weighted by molar-refractivity contribution is -0.384. The van der Waals surface area contributed by atoms with Gasteiger partial charge >= 0.3 is 0 Å². The number of carbonyl (C=O) groups excluding carboxylic acids is 2. The van der Waals surface area contributed by atoms with Crippen molar-refractivity contribution in [2.45, 2.75) is 0 Å². The summed E-state index contributed by atoms with van der Waals surface area (Å²) in [4.78, 5) is 41.4. The van der Waals surface area contributed by atoms with Gasteiger partial charge in [0, 0.05) is 43.2 Å². The summed E-state index contributed by atoms with van der Waals surface area (Å²) in [5.74, 6) is 0.976. The number of fused-ring (bicyclic) bond motifs is 3. The van der Waals surface area contributed by atoms with Gasteiger partial charge in [-0.15, -0.1) is 0 Å². The third kappa shape index (κ3) is 7.16. The Balaban J connectivity index is 0.000000175.